The quantitative estimate of drug-likeness (QED) is 0.214. The number of likely N-dealkylation sites (tertiary alicyclic amines) is 1. The van der Waals surface area contributed by atoms with Crippen molar-refractivity contribution in [3.8, 4) is 0 Å². The van der Waals surface area contributed by atoms with Crippen LogP contribution in [0.2, 0.25) is 0 Å². The van der Waals surface area contributed by atoms with Crippen molar-refractivity contribution in [3.05, 3.63) is 61.2 Å². The third-order valence-electron chi connectivity index (χ3n) is 10.9. The maximum absolute atomic E-state index is 14.7. The van der Waals surface area contributed by atoms with E-state index in [2.05, 4.69) is 13.2 Å². The molecule has 10 heteroatoms. The van der Waals surface area contributed by atoms with Crippen molar-refractivity contribution in [1.82, 2.24) is 14.7 Å². The van der Waals surface area contributed by atoms with Gasteiger partial charge in [-0.3, -0.25) is 19.2 Å². The molecule has 0 saturated carbocycles. The zero-order valence-electron chi connectivity index (χ0n) is 29.8. The molecule has 3 amide bonds. The molecule has 3 saturated heterocycles. The number of rotatable bonds is 15. The summed E-state index contributed by atoms with van der Waals surface area (Å²) >= 11 is 0. The summed E-state index contributed by atoms with van der Waals surface area (Å²) in [6.07, 6.45) is 4.32. The number of ether oxygens (including phenoxy) is 2. The SMILES string of the molecule is C=CCCC(=O)N(C)[C@@H](C)[C@@H](OC(=O)[C@@H]1[C@@H]2CC[C@]3(O2)[C@H](C(=O)N(CC=C)C(C)(C)C)N([C@@H](CO)[C@@H](C)CC)C(=O)[C@@H]13)c1ccccc1. The minimum Gasteiger partial charge on any atom is -0.455 e. The van der Waals surface area contributed by atoms with Crippen molar-refractivity contribution in [3.63, 3.8) is 0 Å². The number of aliphatic hydroxyl groups is 1. The molecule has 264 valence electrons. The summed E-state index contributed by atoms with van der Waals surface area (Å²) < 4.78 is 13.0. The highest BCUT2D eigenvalue weighted by Gasteiger charge is 2.76. The molecule has 1 aromatic carbocycles. The highest BCUT2D eigenvalue weighted by Crippen LogP contribution is 2.60. The van der Waals surface area contributed by atoms with Gasteiger partial charge < -0.3 is 29.3 Å². The van der Waals surface area contributed by atoms with Crippen LogP contribution in [0.5, 0.6) is 0 Å². The first kappa shape index (κ1) is 37.3. The topological polar surface area (TPSA) is 117 Å². The first-order chi connectivity index (χ1) is 22.7. The van der Waals surface area contributed by atoms with Gasteiger partial charge in [-0.1, -0.05) is 62.8 Å². The van der Waals surface area contributed by atoms with Gasteiger partial charge in [0, 0.05) is 25.6 Å². The summed E-state index contributed by atoms with van der Waals surface area (Å²) in [5, 5.41) is 10.7. The lowest BCUT2D eigenvalue weighted by atomic mass is 9.70. The van der Waals surface area contributed by atoms with E-state index < -0.39 is 59.3 Å². The zero-order valence-corrected chi connectivity index (χ0v) is 29.8. The van der Waals surface area contributed by atoms with Crippen molar-refractivity contribution in [2.75, 3.05) is 20.2 Å². The van der Waals surface area contributed by atoms with Crippen LogP contribution in [0, 0.1) is 17.8 Å². The van der Waals surface area contributed by atoms with E-state index >= 15 is 0 Å². The van der Waals surface area contributed by atoms with Gasteiger partial charge in [-0.2, -0.15) is 0 Å². The van der Waals surface area contributed by atoms with E-state index in [0.29, 0.717) is 25.7 Å². The number of aliphatic hydroxyl groups excluding tert-OH is 1. The van der Waals surface area contributed by atoms with E-state index in [9.17, 15) is 24.3 Å². The second-order valence-electron chi connectivity index (χ2n) is 14.7. The molecular formula is C38H55N3O7. The fraction of sp³-hybridized carbons (Fsp3) is 0.632. The lowest BCUT2D eigenvalue weighted by Crippen LogP contribution is -2.62. The Hall–Kier alpha value is -3.50. The molecule has 3 aliphatic rings. The molecule has 4 rings (SSSR count). The Balaban J connectivity index is 1.75. The largest absolute Gasteiger partial charge is 0.455 e. The Bertz CT molecular complexity index is 1360. The number of carbonyl (C=O) groups is 4. The number of fused-ring (bicyclic) bond motifs is 1. The average molecular weight is 666 g/mol. The standard InChI is InChI=1S/C38H55N3O7/c1-10-13-19-29(43)39(9)25(5)32(26-17-15-14-16-18-26)47-36(46)30-28-20-21-38(48-28)31(30)34(44)41(27(23-42)24(4)12-3)33(38)35(45)40(22-11-2)37(6,7)8/h10-11,14-18,24-25,27-28,30-33,42H,1-2,12-13,19-23H2,3-9H3/t24-,25-,27-,28-,30+,31+,32+,33-,38+/m0/s1. The average Bonchev–Trinajstić information content (AvgIpc) is 3.71. The maximum atomic E-state index is 14.7. The summed E-state index contributed by atoms with van der Waals surface area (Å²) in [4.78, 5) is 61.7. The molecule has 48 heavy (non-hydrogen) atoms. The van der Waals surface area contributed by atoms with Gasteiger partial charge in [0.1, 0.15) is 17.7 Å². The van der Waals surface area contributed by atoms with Crippen LogP contribution < -0.4 is 0 Å². The fourth-order valence-electron chi connectivity index (χ4n) is 7.90. The number of benzene rings is 1. The minimum atomic E-state index is -1.25. The van der Waals surface area contributed by atoms with Gasteiger partial charge in [0.25, 0.3) is 0 Å². The number of nitrogens with zero attached hydrogens (tertiary/aromatic N) is 3. The third-order valence-corrected chi connectivity index (χ3v) is 10.9. The van der Waals surface area contributed by atoms with Gasteiger partial charge in [-0.05, 0) is 58.4 Å². The first-order valence-electron chi connectivity index (χ1n) is 17.3. The summed E-state index contributed by atoms with van der Waals surface area (Å²) in [7, 11) is 1.69. The molecule has 0 unspecified atom stereocenters. The van der Waals surface area contributed by atoms with Crippen molar-refractivity contribution in [2.45, 2.75) is 115 Å². The summed E-state index contributed by atoms with van der Waals surface area (Å²) in [6, 6.07) is 7.08. The Morgan fingerprint density at radius 2 is 1.83 bits per heavy atom. The predicted molar refractivity (Wildman–Crippen MR) is 183 cm³/mol. The van der Waals surface area contributed by atoms with Crippen molar-refractivity contribution in [2.24, 2.45) is 17.8 Å². The first-order valence-corrected chi connectivity index (χ1v) is 17.3. The van der Waals surface area contributed by atoms with Gasteiger partial charge in [-0.25, -0.2) is 0 Å². The lowest BCUT2D eigenvalue weighted by Gasteiger charge is -2.44. The van der Waals surface area contributed by atoms with Crippen LogP contribution in [0.1, 0.15) is 85.3 Å². The molecule has 0 radical (unpaired) electrons. The predicted octanol–water partition coefficient (Wildman–Crippen LogP) is 4.68. The molecule has 1 N–H and O–H groups in total. The molecule has 3 aliphatic heterocycles. The van der Waals surface area contributed by atoms with Gasteiger partial charge in [-0.15, -0.1) is 13.2 Å². The van der Waals surface area contributed by atoms with Gasteiger partial charge in [0.15, 0.2) is 0 Å². The number of carbonyl (C=O) groups excluding carboxylic acids is 4. The van der Waals surface area contributed by atoms with Crippen LogP contribution in [0.25, 0.3) is 0 Å². The minimum absolute atomic E-state index is 0.104. The van der Waals surface area contributed by atoms with Crippen molar-refractivity contribution >= 4 is 23.7 Å². The molecule has 0 aromatic heterocycles. The third kappa shape index (κ3) is 6.70. The summed E-state index contributed by atoms with van der Waals surface area (Å²) in [6.45, 7) is 19.1. The van der Waals surface area contributed by atoms with Crippen molar-refractivity contribution in [1.29, 1.82) is 0 Å². The maximum Gasteiger partial charge on any atom is 0.313 e. The van der Waals surface area contributed by atoms with Crippen LogP contribution >= 0.6 is 0 Å². The van der Waals surface area contributed by atoms with Crippen LogP contribution in [-0.2, 0) is 28.7 Å². The molecule has 10 nitrogen and oxygen atoms in total. The fourth-order valence-corrected chi connectivity index (χ4v) is 7.90. The molecule has 9 atom stereocenters. The number of likely N-dealkylation sites (N-methyl/N-ethyl adjacent to an activating group) is 1. The molecule has 3 heterocycles. The molecule has 3 fully saturated rings. The second-order valence-corrected chi connectivity index (χ2v) is 14.7. The number of hydrogen-bond acceptors (Lipinski definition) is 7. The van der Waals surface area contributed by atoms with Crippen LogP contribution in [0.4, 0.5) is 0 Å². The molecule has 1 spiro atoms. The summed E-state index contributed by atoms with van der Waals surface area (Å²) in [5.74, 6) is -3.39. The van der Waals surface area contributed by atoms with Crippen LogP contribution in [0.3, 0.4) is 0 Å². The van der Waals surface area contributed by atoms with Gasteiger partial charge in [0.05, 0.1) is 36.6 Å². The van der Waals surface area contributed by atoms with E-state index in [1.165, 1.54) is 4.90 Å². The van der Waals surface area contributed by atoms with E-state index in [0.717, 1.165) is 5.56 Å². The van der Waals surface area contributed by atoms with E-state index in [1.54, 1.807) is 29.0 Å². The second kappa shape index (κ2) is 14.9. The molecular weight excluding hydrogens is 610 g/mol. The summed E-state index contributed by atoms with van der Waals surface area (Å²) in [5.41, 5.74) is -1.13. The van der Waals surface area contributed by atoms with Gasteiger partial charge >= 0.3 is 5.97 Å². The van der Waals surface area contributed by atoms with Crippen molar-refractivity contribution < 1.29 is 33.8 Å². The Morgan fingerprint density at radius 1 is 1.17 bits per heavy atom. The van der Waals surface area contributed by atoms with Crippen LogP contribution in [0.15, 0.2) is 55.6 Å². The van der Waals surface area contributed by atoms with E-state index in [1.807, 2.05) is 71.9 Å². The number of esters is 1. The highest BCUT2D eigenvalue weighted by atomic mass is 16.6. The number of allylic oxidation sites excluding steroid dienone is 1. The Kier molecular flexibility index (Phi) is 11.6. The molecule has 2 bridgehead atoms. The Labute approximate surface area is 286 Å². The van der Waals surface area contributed by atoms with Crippen LogP contribution in [-0.4, -0.2) is 99.1 Å². The zero-order chi connectivity index (χ0) is 35.6. The van der Waals surface area contributed by atoms with E-state index in [4.69, 9.17) is 9.47 Å². The monoisotopic (exact) mass is 665 g/mol. The molecule has 1 aromatic rings. The Morgan fingerprint density at radius 3 is 2.40 bits per heavy atom. The highest BCUT2D eigenvalue weighted by molar-refractivity contribution is 5.98. The normalized spacial score (nSPS) is 27.1. The van der Waals surface area contributed by atoms with Gasteiger partial charge in [0.2, 0.25) is 17.7 Å². The number of amides is 3. The van der Waals surface area contributed by atoms with E-state index in [-0.39, 0.29) is 43.2 Å². The number of hydrogen-bond donors (Lipinski definition) is 1. The molecule has 0 aliphatic carbocycles. The smallest absolute Gasteiger partial charge is 0.313 e. The lowest BCUT2D eigenvalue weighted by molar-refractivity contribution is -0.165.